The molecule has 0 aliphatic heterocycles. The van der Waals surface area contributed by atoms with Crippen LogP contribution in [-0.2, 0) is 28.0 Å². The Balaban J connectivity index is 1.16. The first-order valence-electron chi connectivity index (χ1n) is 23.7. The molecule has 0 aromatic heterocycles. The van der Waals surface area contributed by atoms with Crippen LogP contribution in [0.5, 0.6) is 0 Å². The van der Waals surface area contributed by atoms with E-state index in [4.69, 9.17) is 2.74 Å². The van der Waals surface area contributed by atoms with Gasteiger partial charge in [-0.2, -0.15) is 0 Å². The van der Waals surface area contributed by atoms with Crippen LogP contribution in [0.3, 0.4) is 0 Å². The van der Waals surface area contributed by atoms with E-state index < -0.39 is 11.8 Å². The molecule has 8 aromatic carbocycles. The summed E-state index contributed by atoms with van der Waals surface area (Å²) >= 11 is 0. The summed E-state index contributed by atoms with van der Waals surface area (Å²) in [6, 6.07) is 63.7. The van der Waals surface area contributed by atoms with E-state index in [2.05, 4.69) is 206 Å². The van der Waals surface area contributed by atoms with Gasteiger partial charge >= 0.3 is 0 Å². The predicted molar refractivity (Wildman–Crippen MR) is 267 cm³/mol. The highest BCUT2D eigenvalue weighted by molar-refractivity contribution is 5.97. The first-order valence-corrected chi connectivity index (χ1v) is 22.7. The molecule has 0 heterocycles. The highest BCUT2D eigenvalue weighted by Gasteiger charge is 2.52. The lowest BCUT2D eigenvalue weighted by Crippen LogP contribution is -2.27. The maximum Gasteiger partial charge on any atom is 0.0726 e. The fourth-order valence-electron chi connectivity index (χ4n) is 11.2. The second kappa shape index (κ2) is 13.8. The van der Waals surface area contributed by atoms with Gasteiger partial charge in [0.1, 0.15) is 0 Å². The molecule has 0 bridgehead atoms. The molecule has 11 rings (SSSR count). The molecule has 0 unspecified atom stereocenters. The minimum Gasteiger partial charge on any atom is -0.310 e. The number of aryl methyl sites for hydroxylation is 1. The third-order valence-corrected chi connectivity index (χ3v) is 14.6. The van der Waals surface area contributed by atoms with E-state index in [1.807, 2.05) is 24.3 Å². The fraction of sp³-hybridized carbons (Fsp3) is 0.226. The van der Waals surface area contributed by atoms with Crippen molar-refractivity contribution in [1.29, 1.82) is 0 Å². The quantitative estimate of drug-likeness (QED) is 0.167. The van der Waals surface area contributed by atoms with Gasteiger partial charge in [-0.15, -0.1) is 0 Å². The lowest BCUT2D eigenvalue weighted by molar-refractivity contribution is 0.586. The highest BCUT2D eigenvalue weighted by Crippen LogP contribution is 2.64. The van der Waals surface area contributed by atoms with Crippen molar-refractivity contribution in [3.63, 3.8) is 0 Å². The maximum atomic E-state index is 8.23. The summed E-state index contributed by atoms with van der Waals surface area (Å²) in [5.74, 6) is 0. The number of fused-ring (bicyclic) bond motifs is 13. The Morgan fingerprint density at radius 3 is 1.41 bits per heavy atom. The van der Waals surface area contributed by atoms with Gasteiger partial charge in [0.2, 0.25) is 0 Å². The molecule has 0 saturated heterocycles. The lowest BCUT2D eigenvalue weighted by Gasteiger charge is -2.34. The third kappa shape index (κ3) is 5.81. The van der Waals surface area contributed by atoms with Crippen molar-refractivity contribution in [2.45, 2.75) is 90.3 Å². The number of rotatable bonds is 5. The summed E-state index contributed by atoms with van der Waals surface area (Å²) in [6.45, 7) is 20.3. The molecule has 1 spiro atoms. The topological polar surface area (TPSA) is 3.24 Å². The van der Waals surface area contributed by atoms with Gasteiger partial charge < -0.3 is 4.90 Å². The minimum absolute atomic E-state index is 0.0278. The Labute approximate surface area is 377 Å². The second-order valence-corrected chi connectivity index (χ2v) is 20.7. The Morgan fingerprint density at radius 1 is 0.413 bits per heavy atom. The van der Waals surface area contributed by atoms with Crippen molar-refractivity contribution in [1.82, 2.24) is 0 Å². The van der Waals surface area contributed by atoms with Crippen molar-refractivity contribution in [3.05, 3.63) is 220 Å². The van der Waals surface area contributed by atoms with Crippen LogP contribution in [0.4, 0.5) is 17.1 Å². The average Bonchev–Trinajstić information content (AvgIpc) is 3.83. The largest absolute Gasteiger partial charge is 0.310 e. The molecular weight excluding hydrogens is 759 g/mol. The summed E-state index contributed by atoms with van der Waals surface area (Å²) in [5.41, 5.74) is 24.0. The smallest absolute Gasteiger partial charge is 0.0726 e. The molecule has 0 atom stereocenters. The molecule has 1 heteroatoms. The van der Waals surface area contributed by atoms with Crippen LogP contribution in [0.2, 0.25) is 0 Å². The van der Waals surface area contributed by atoms with Crippen molar-refractivity contribution >= 4 is 17.1 Å². The Bertz CT molecular complexity index is 3160. The zero-order valence-corrected chi connectivity index (χ0v) is 38.1. The van der Waals surface area contributed by atoms with Crippen molar-refractivity contribution in [2.75, 3.05) is 4.90 Å². The van der Waals surface area contributed by atoms with Gasteiger partial charge in [-0.25, -0.2) is 0 Å². The summed E-state index contributed by atoms with van der Waals surface area (Å²) in [7, 11) is 0. The summed E-state index contributed by atoms with van der Waals surface area (Å²) in [5, 5.41) is 0. The standard InChI is InChI=1S/C62H57N/c1-10-39-19-21-40(22-20-39)41-23-27-44(28-24-41)63(45-30-34-54-52(37-45)48-16-11-13-17-53(48)61(54,8)9)46-29-33-51-47-15-12-14-18-55(47)62(58(51)38-46)56-35-42(59(2,3)4)25-31-49(56)50-32-26-43(36-57(50)62)60(5,6)7/h11-38H,10H2,1-9H3/i10D2. The van der Waals surface area contributed by atoms with E-state index in [0.29, 0.717) is 5.56 Å². The number of nitrogens with zero attached hydrogens (tertiary/aromatic N) is 1. The SMILES string of the molecule is [2H]C([2H])(C)c1ccc(-c2ccc(N(c3ccc4c(c3)-c3ccccc3C4(C)C)c3ccc4c(c3)C3(c5ccccc5-4)c4cc(C(C)(C)C)ccc4-c4ccc(C(C)(C)C)cc43)cc2)cc1. The van der Waals surface area contributed by atoms with Crippen LogP contribution >= 0.6 is 0 Å². The molecule has 0 fully saturated rings. The molecule has 0 amide bonds. The van der Waals surface area contributed by atoms with Crippen LogP contribution < -0.4 is 4.90 Å². The van der Waals surface area contributed by atoms with Gasteiger partial charge in [0.05, 0.1) is 5.41 Å². The third-order valence-electron chi connectivity index (χ3n) is 14.6. The molecule has 0 saturated carbocycles. The zero-order valence-electron chi connectivity index (χ0n) is 40.1. The van der Waals surface area contributed by atoms with Gasteiger partial charge in [0.15, 0.2) is 0 Å². The molecule has 3 aliphatic rings. The first-order chi connectivity index (χ1) is 30.9. The number of anilines is 3. The first kappa shape index (κ1) is 37.1. The lowest BCUT2D eigenvalue weighted by atomic mass is 9.68. The predicted octanol–water partition coefficient (Wildman–Crippen LogP) is 16.6. The normalized spacial score (nSPS) is 15.4. The Kier molecular flexibility index (Phi) is 8.12. The number of benzene rings is 8. The average molecular weight is 818 g/mol. The van der Waals surface area contributed by atoms with Crippen LogP contribution in [-0.4, -0.2) is 0 Å². The van der Waals surface area contributed by atoms with Gasteiger partial charge in [-0.1, -0.05) is 196 Å². The molecule has 3 aliphatic carbocycles. The minimum atomic E-state index is -1.39. The van der Waals surface area contributed by atoms with E-state index >= 15 is 0 Å². The van der Waals surface area contributed by atoms with Gasteiger partial charge in [0, 0.05) is 25.2 Å². The van der Waals surface area contributed by atoms with E-state index in [0.717, 1.165) is 28.2 Å². The van der Waals surface area contributed by atoms with E-state index in [1.165, 1.54) is 77.9 Å². The highest BCUT2D eigenvalue weighted by atomic mass is 15.1. The van der Waals surface area contributed by atoms with Gasteiger partial charge in [0.25, 0.3) is 0 Å². The summed E-state index contributed by atoms with van der Waals surface area (Å²) < 4.78 is 16.5. The number of hydrogen-bond donors (Lipinski definition) is 0. The monoisotopic (exact) mass is 817 g/mol. The van der Waals surface area contributed by atoms with Gasteiger partial charge in [-0.05, 0) is 148 Å². The maximum absolute atomic E-state index is 8.23. The van der Waals surface area contributed by atoms with E-state index in [-0.39, 0.29) is 16.2 Å². The van der Waals surface area contributed by atoms with Crippen LogP contribution in [0.1, 0.15) is 115 Å². The summed E-state index contributed by atoms with van der Waals surface area (Å²) in [6.07, 6.45) is -1.39. The fourth-order valence-corrected chi connectivity index (χ4v) is 11.2. The molecule has 1 nitrogen and oxygen atoms in total. The number of hydrogen-bond acceptors (Lipinski definition) is 1. The van der Waals surface area contributed by atoms with E-state index in [9.17, 15) is 0 Å². The van der Waals surface area contributed by atoms with Crippen LogP contribution in [0, 0.1) is 0 Å². The second-order valence-electron chi connectivity index (χ2n) is 20.7. The van der Waals surface area contributed by atoms with Crippen molar-refractivity contribution in [3.8, 4) is 44.5 Å². The van der Waals surface area contributed by atoms with Crippen LogP contribution in [0.25, 0.3) is 44.5 Å². The van der Waals surface area contributed by atoms with Crippen molar-refractivity contribution in [2.24, 2.45) is 0 Å². The summed E-state index contributed by atoms with van der Waals surface area (Å²) in [4.78, 5) is 2.46. The molecule has 0 N–H and O–H groups in total. The zero-order chi connectivity index (χ0) is 45.4. The molecule has 8 aromatic rings. The Morgan fingerprint density at radius 2 is 0.841 bits per heavy atom. The molecule has 63 heavy (non-hydrogen) atoms. The molecule has 0 radical (unpaired) electrons. The van der Waals surface area contributed by atoms with E-state index in [1.54, 1.807) is 6.92 Å². The van der Waals surface area contributed by atoms with Gasteiger partial charge in [-0.3, -0.25) is 0 Å². The van der Waals surface area contributed by atoms with Crippen LogP contribution in [0.15, 0.2) is 170 Å². The Hall–Kier alpha value is -6.44. The molecule has 310 valence electrons. The van der Waals surface area contributed by atoms with Crippen molar-refractivity contribution < 1.29 is 2.74 Å². The molecular formula is C62H57N.